The SMILES string of the molecule is CC(C)c1noc(N2CCC(CCCOc3ccc(C[C@H](N)C(=O)N4CCCC4)cc3)CC2)n1. The van der Waals surface area contributed by atoms with Gasteiger partial charge in [0.1, 0.15) is 5.75 Å². The van der Waals surface area contributed by atoms with Crippen LogP contribution in [0.25, 0.3) is 0 Å². The van der Waals surface area contributed by atoms with Gasteiger partial charge in [0, 0.05) is 32.1 Å². The Balaban J connectivity index is 1.12. The predicted molar refractivity (Wildman–Crippen MR) is 132 cm³/mol. The van der Waals surface area contributed by atoms with Crippen molar-refractivity contribution in [3.8, 4) is 5.75 Å². The normalized spacial score (nSPS) is 18.0. The highest BCUT2D eigenvalue weighted by Gasteiger charge is 2.24. The summed E-state index contributed by atoms with van der Waals surface area (Å²) >= 11 is 0. The number of nitrogens with two attached hydrogens (primary N) is 1. The van der Waals surface area contributed by atoms with Gasteiger partial charge in [0.05, 0.1) is 12.6 Å². The highest BCUT2D eigenvalue weighted by Crippen LogP contribution is 2.26. The zero-order chi connectivity index (χ0) is 23.9. The lowest BCUT2D eigenvalue weighted by Gasteiger charge is -2.30. The first-order valence-corrected chi connectivity index (χ1v) is 12.8. The van der Waals surface area contributed by atoms with Crippen LogP contribution in [-0.4, -0.2) is 59.8 Å². The highest BCUT2D eigenvalue weighted by atomic mass is 16.5. The first kappa shape index (κ1) is 24.5. The summed E-state index contributed by atoms with van der Waals surface area (Å²) in [5.41, 5.74) is 7.22. The molecule has 1 aromatic heterocycles. The Hall–Kier alpha value is -2.61. The van der Waals surface area contributed by atoms with Gasteiger partial charge in [0.15, 0.2) is 5.82 Å². The molecule has 34 heavy (non-hydrogen) atoms. The number of likely N-dealkylation sites (tertiary alicyclic amines) is 1. The Morgan fingerprint density at radius 1 is 1.15 bits per heavy atom. The van der Waals surface area contributed by atoms with E-state index in [9.17, 15) is 4.79 Å². The molecule has 1 atom stereocenters. The molecule has 2 aliphatic rings. The summed E-state index contributed by atoms with van der Waals surface area (Å²) in [4.78, 5) is 21.0. The molecule has 186 valence electrons. The zero-order valence-electron chi connectivity index (χ0n) is 20.6. The molecule has 0 bridgehead atoms. The molecule has 8 nitrogen and oxygen atoms in total. The van der Waals surface area contributed by atoms with Crippen LogP contribution in [0.5, 0.6) is 5.75 Å². The van der Waals surface area contributed by atoms with Crippen molar-refractivity contribution in [2.45, 2.75) is 70.8 Å². The van der Waals surface area contributed by atoms with Gasteiger partial charge in [-0.3, -0.25) is 4.79 Å². The second-order valence-corrected chi connectivity index (χ2v) is 10.00. The van der Waals surface area contributed by atoms with E-state index in [0.717, 1.165) is 75.4 Å². The topological polar surface area (TPSA) is 97.7 Å². The molecule has 2 saturated heterocycles. The van der Waals surface area contributed by atoms with Crippen molar-refractivity contribution < 1.29 is 14.1 Å². The lowest BCUT2D eigenvalue weighted by atomic mass is 9.92. The summed E-state index contributed by atoms with van der Waals surface area (Å²) in [5.74, 6) is 2.72. The van der Waals surface area contributed by atoms with Gasteiger partial charge in [-0.05, 0) is 68.6 Å². The quantitative estimate of drug-likeness (QED) is 0.529. The van der Waals surface area contributed by atoms with Crippen molar-refractivity contribution in [1.82, 2.24) is 15.0 Å². The minimum Gasteiger partial charge on any atom is -0.494 e. The predicted octanol–water partition coefficient (Wildman–Crippen LogP) is 3.76. The maximum Gasteiger partial charge on any atom is 0.324 e. The van der Waals surface area contributed by atoms with Crippen LogP contribution >= 0.6 is 0 Å². The second-order valence-electron chi connectivity index (χ2n) is 10.00. The van der Waals surface area contributed by atoms with E-state index in [1.54, 1.807) is 0 Å². The van der Waals surface area contributed by atoms with Crippen molar-refractivity contribution >= 4 is 11.9 Å². The van der Waals surface area contributed by atoms with Crippen molar-refractivity contribution in [3.05, 3.63) is 35.7 Å². The molecule has 0 unspecified atom stereocenters. The summed E-state index contributed by atoms with van der Waals surface area (Å²) in [7, 11) is 0. The largest absolute Gasteiger partial charge is 0.494 e. The fraction of sp³-hybridized carbons (Fsp3) is 0.654. The Morgan fingerprint density at radius 2 is 1.85 bits per heavy atom. The smallest absolute Gasteiger partial charge is 0.324 e. The number of hydrogen-bond acceptors (Lipinski definition) is 7. The van der Waals surface area contributed by atoms with Crippen LogP contribution in [0.1, 0.15) is 69.7 Å². The number of anilines is 1. The molecule has 4 rings (SSSR count). The summed E-state index contributed by atoms with van der Waals surface area (Å²) in [6.07, 6.45) is 7.23. The number of hydrogen-bond donors (Lipinski definition) is 1. The molecule has 0 spiro atoms. The monoisotopic (exact) mass is 469 g/mol. The van der Waals surface area contributed by atoms with Crippen LogP contribution in [0.15, 0.2) is 28.8 Å². The lowest BCUT2D eigenvalue weighted by Crippen LogP contribution is -2.43. The molecule has 0 saturated carbocycles. The van der Waals surface area contributed by atoms with E-state index in [4.69, 9.17) is 15.0 Å². The summed E-state index contributed by atoms with van der Waals surface area (Å²) in [6.45, 7) is 8.49. The number of benzene rings is 1. The van der Waals surface area contributed by atoms with Crippen LogP contribution in [0.3, 0.4) is 0 Å². The summed E-state index contributed by atoms with van der Waals surface area (Å²) < 4.78 is 11.4. The van der Waals surface area contributed by atoms with E-state index in [2.05, 4.69) is 28.9 Å². The minimum absolute atomic E-state index is 0.0704. The molecule has 2 fully saturated rings. The molecule has 2 aliphatic heterocycles. The fourth-order valence-electron chi connectivity index (χ4n) is 4.80. The van der Waals surface area contributed by atoms with Crippen LogP contribution in [0.4, 0.5) is 6.01 Å². The third-order valence-corrected chi connectivity index (χ3v) is 6.97. The Labute approximate surface area is 202 Å². The van der Waals surface area contributed by atoms with E-state index in [0.29, 0.717) is 25.0 Å². The van der Waals surface area contributed by atoms with Gasteiger partial charge in [-0.15, -0.1) is 0 Å². The van der Waals surface area contributed by atoms with Crippen LogP contribution in [0.2, 0.25) is 0 Å². The number of carbonyl (C=O) groups is 1. The molecule has 2 aromatic rings. The van der Waals surface area contributed by atoms with Gasteiger partial charge in [0.25, 0.3) is 0 Å². The summed E-state index contributed by atoms with van der Waals surface area (Å²) in [6, 6.07) is 8.20. The van der Waals surface area contributed by atoms with E-state index in [-0.39, 0.29) is 11.8 Å². The summed E-state index contributed by atoms with van der Waals surface area (Å²) in [5, 5.41) is 4.08. The van der Waals surface area contributed by atoms with Crippen molar-refractivity contribution in [3.63, 3.8) is 0 Å². The van der Waals surface area contributed by atoms with Crippen molar-refractivity contribution in [2.75, 3.05) is 37.7 Å². The lowest BCUT2D eigenvalue weighted by molar-refractivity contribution is -0.131. The molecular formula is C26H39N5O3. The van der Waals surface area contributed by atoms with Gasteiger partial charge in [-0.25, -0.2) is 0 Å². The number of aromatic nitrogens is 2. The number of ether oxygens (including phenoxy) is 1. The molecule has 1 aromatic carbocycles. The van der Waals surface area contributed by atoms with Gasteiger partial charge >= 0.3 is 6.01 Å². The Bertz CT molecular complexity index is 899. The molecule has 2 N–H and O–H groups in total. The number of rotatable bonds is 10. The second kappa shape index (κ2) is 11.7. The van der Waals surface area contributed by atoms with Crippen molar-refractivity contribution in [2.24, 2.45) is 11.7 Å². The molecule has 0 radical (unpaired) electrons. The average molecular weight is 470 g/mol. The van der Waals surface area contributed by atoms with Crippen LogP contribution in [0, 0.1) is 5.92 Å². The number of piperidine rings is 1. The number of nitrogens with zero attached hydrogens (tertiary/aromatic N) is 4. The van der Waals surface area contributed by atoms with E-state index >= 15 is 0 Å². The molecule has 1 amide bonds. The highest BCUT2D eigenvalue weighted by molar-refractivity contribution is 5.82. The van der Waals surface area contributed by atoms with Gasteiger partial charge in [-0.1, -0.05) is 31.1 Å². The Morgan fingerprint density at radius 3 is 2.50 bits per heavy atom. The third kappa shape index (κ3) is 6.50. The van der Waals surface area contributed by atoms with E-state index in [1.165, 1.54) is 6.42 Å². The van der Waals surface area contributed by atoms with Crippen LogP contribution < -0.4 is 15.4 Å². The van der Waals surface area contributed by atoms with Crippen LogP contribution in [-0.2, 0) is 11.2 Å². The molecular weight excluding hydrogens is 430 g/mol. The van der Waals surface area contributed by atoms with Gasteiger partial charge < -0.3 is 24.8 Å². The third-order valence-electron chi connectivity index (χ3n) is 6.97. The number of amides is 1. The van der Waals surface area contributed by atoms with E-state index in [1.807, 2.05) is 29.2 Å². The standard InChI is InChI=1S/C26H39N5O3/c1-19(2)24-28-26(34-29-24)31-15-11-20(12-16-31)6-5-17-33-22-9-7-21(8-10-22)18-23(27)25(32)30-13-3-4-14-30/h7-10,19-20,23H,3-6,11-18,27H2,1-2H3/t23-/m0/s1. The van der Waals surface area contributed by atoms with Crippen molar-refractivity contribution in [1.29, 1.82) is 0 Å². The average Bonchev–Trinajstić information content (AvgIpc) is 3.56. The van der Waals surface area contributed by atoms with Gasteiger partial charge in [0.2, 0.25) is 5.91 Å². The van der Waals surface area contributed by atoms with Gasteiger partial charge in [-0.2, -0.15) is 4.98 Å². The minimum atomic E-state index is -0.464. The fourth-order valence-corrected chi connectivity index (χ4v) is 4.80. The molecule has 8 heteroatoms. The first-order chi connectivity index (χ1) is 16.5. The maximum absolute atomic E-state index is 12.4. The Kier molecular flexibility index (Phi) is 8.43. The maximum atomic E-state index is 12.4. The molecule has 3 heterocycles. The van der Waals surface area contributed by atoms with E-state index < -0.39 is 6.04 Å². The number of carbonyl (C=O) groups excluding carboxylic acids is 1. The zero-order valence-corrected chi connectivity index (χ0v) is 20.6. The molecule has 0 aliphatic carbocycles. The first-order valence-electron chi connectivity index (χ1n) is 12.8.